The van der Waals surface area contributed by atoms with Gasteiger partial charge in [0, 0.05) is 13.1 Å². The Morgan fingerprint density at radius 3 is 2.53 bits per heavy atom. The number of amides is 1. The number of likely N-dealkylation sites (N-methyl/N-ethyl adjacent to an activating group) is 1. The molecule has 4 atom stereocenters. The zero-order valence-corrected chi connectivity index (χ0v) is 10.3. The van der Waals surface area contributed by atoms with Gasteiger partial charge in [0.05, 0.1) is 6.04 Å². The minimum absolute atomic E-state index is 0.0733. The molecule has 2 N–H and O–H groups in total. The average Bonchev–Trinajstić information content (AvgIpc) is 2.20. The maximum absolute atomic E-state index is 11.4. The predicted molar refractivity (Wildman–Crippen MR) is 62.6 cm³/mol. The first-order chi connectivity index (χ1) is 7.04. The molecule has 0 radical (unpaired) electrons. The molecular weight excluding hydrogens is 188 g/mol. The van der Waals surface area contributed by atoms with E-state index in [-0.39, 0.29) is 11.9 Å². The Morgan fingerprint density at radius 2 is 2.00 bits per heavy atom. The van der Waals surface area contributed by atoms with E-state index in [1.54, 1.807) is 7.05 Å². The Labute approximate surface area is 93.0 Å². The average molecular weight is 212 g/mol. The molecule has 0 aliphatic heterocycles. The SMILES string of the molecule is CNC(=O)[C@@H](C)NC1CCC(C)CC1C. The fourth-order valence-electron chi connectivity index (χ4n) is 2.53. The van der Waals surface area contributed by atoms with E-state index in [9.17, 15) is 4.79 Å². The van der Waals surface area contributed by atoms with Gasteiger partial charge in [0.25, 0.3) is 0 Å². The highest BCUT2D eigenvalue weighted by molar-refractivity contribution is 5.80. The topological polar surface area (TPSA) is 41.1 Å². The molecule has 0 aromatic rings. The zero-order valence-electron chi connectivity index (χ0n) is 10.3. The van der Waals surface area contributed by atoms with Crippen LogP contribution in [0, 0.1) is 11.8 Å². The summed E-state index contributed by atoms with van der Waals surface area (Å²) in [4.78, 5) is 11.4. The van der Waals surface area contributed by atoms with Crippen LogP contribution in [-0.2, 0) is 4.79 Å². The smallest absolute Gasteiger partial charge is 0.236 e. The van der Waals surface area contributed by atoms with Gasteiger partial charge in [-0.3, -0.25) is 4.79 Å². The summed E-state index contributed by atoms with van der Waals surface area (Å²) >= 11 is 0. The fourth-order valence-corrected chi connectivity index (χ4v) is 2.53. The molecule has 0 bridgehead atoms. The first-order valence-electron chi connectivity index (χ1n) is 6.02. The number of nitrogens with one attached hydrogen (secondary N) is 2. The van der Waals surface area contributed by atoms with Gasteiger partial charge >= 0.3 is 0 Å². The van der Waals surface area contributed by atoms with Crippen molar-refractivity contribution >= 4 is 5.91 Å². The highest BCUT2D eigenvalue weighted by Gasteiger charge is 2.27. The number of carbonyl (C=O) groups is 1. The minimum atomic E-state index is -0.0733. The molecule has 1 rings (SSSR count). The molecular formula is C12H24N2O. The number of hydrogen-bond acceptors (Lipinski definition) is 2. The lowest BCUT2D eigenvalue weighted by Gasteiger charge is -2.34. The Kier molecular flexibility index (Phi) is 4.58. The Bertz CT molecular complexity index is 218. The molecule has 0 spiro atoms. The van der Waals surface area contributed by atoms with Gasteiger partial charge in [-0.1, -0.05) is 13.8 Å². The highest BCUT2D eigenvalue weighted by Crippen LogP contribution is 2.28. The lowest BCUT2D eigenvalue weighted by atomic mass is 9.79. The summed E-state index contributed by atoms with van der Waals surface area (Å²) in [5, 5.41) is 6.10. The van der Waals surface area contributed by atoms with Gasteiger partial charge in [-0.25, -0.2) is 0 Å². The van der Waals surface area contributed by atoms with Gasteiger partial charge in [-0.05, 0) is 38.0 Å². The van der Waals surface area contributed by atoms with Crippen molar-refractivity contribution < 1.29 is 4.79 Å². The molecule has 15 heavy (non-hydrogen) atoms. The second-order valence-electron chi connectivity index (χ2n) is 5.00. The third-order valence-corrected chi connectivity index (χ3v) is 3.54. The molecule has 1 saturated carbocycles. The second kappa shape index (κ2) is 5.50. The molecule has 3 unspecified atom stereocenters. The van der Waals surface area contributed by atoms with Crippen molar-refractivity contribution in [2.75, 3.05) is 7.05 Å². The summed E-state index contributed by atoms with van der Waals surface area (Å²) in [6, 6.07) is 0.435. The van der Waals surface area contributed by atoms with E-state index in [1.165, 1.54) is 19.3 Å². The van der Waals surface area contributed by atoms with Crippen molar-refractivity contribution in [3.8, 4) is 0 Å². The maximum atomic E-state index is 11.4. The lowest BCUT2D eigenvalue weighted by Crippen LogP contribution is -2.49. The van der Waals surface area contributed by atoms with E-state index in [4.69, 9.17) is 0 Å². The van der Waals surface area contributed by atoms with Gasteiger partial charge in [0.15, 0.2) is 0 Å². The minimum Gasteiger partial charge on any atom is -0.358 e. The summed E-state index contributed by atoms with van der Waals surface area (Å²) in [6.07, 6.45) is 3.75. The van der Waals surface area contributed by atoms with Crippen LogP contribution < -0.4 is 10.6 Å². The first-order valence-corrected chi connectivity index (χ1v) is 6.02. The largest absolute Gasteiger partial charge is 0.358 e. The van der Waals surface area contributed by atoms with Crippen LogP contribution in [-0.4, -0.2) is 25.0 Å². The first kappa shape index (κ1) is 12.5. The summed E-state index contributed by atoms with van der Waals surface area (Å²) in [7, 11) is 1.69. The molecule has 1 fully saturated rings. The molecule has 0 saturated heterocycles. The second-order valence-corrected chi connectivity index (χ2v) is 5.00. The Balaban J connectivity index is 2.41. The fraction of sp³-hybridized carbons (Fsp3) is 0.917. The standard InChI is InChI=1S/C12H24N2O/c1-8-5-6-11(9(2)7-8)14-10(3)12(15)13-4/h8-11,14H,5-7H2,1-4H3,(H,13,15)/t8?,9?,10-,11?/m1/s1. The summed E-state index contributed by atoms with van der Waals surface area (Å²) in [5.41, 5.74) is 0. The number of carbonyl (C=O) groups excluding carboxylic acids is 1. The van der Waals surface area contributed by atoms with Crippen molar-refractivity contribution in [3.63, 3.8) is 0 Å². The third-order valence-electron chi connectivity index (χ3n) is 3.54. The highest BCUT2D eigenvalue weighted by atomic mass is 16.2. The molecule has 0 aromatic carbocycles. The Hall–Kier alpha value is -0.570. The Morgan fingerprint density at radius 1 is 1.33 bits per heavy atom. The predicted octanol–water partition coefficient (Wildman–Crippen LogP) is 1.54. The van der Waals surface area contributed by atoms with Crippen LogP contribution in [0.25, 0.3) is 0 Å². The summed E-state index contributed by atoms with van der Waals surface area (Å²) in [5.74, 6) is 1.61. The normalized spacial score (nSPS) is 33.5. The van der Waals surface area contributed by atoms with E-state index in [1.807, 2.05) is 6.92 Å². The molecule has 3 heteroatoms. The maximum Gasteiger partial charge on any atom is 0.236 e. The van der Waals surface area contributed by atoms with Gasteiger partial charge < -0.3 is 10.6 Å². The van der Waals surface area contributed by atoms with Crippen molar-refractivity contribution in [2.24, 2.45) is 11.8 Å². The molecule has 0 aromatic heterocycles. The van der Waals surface area contributed by atoms with Crippen LogP contribution in [0.15, 0.2) is 0 Å². The van der Waals surface area contributed by atoms with Crippen molar-refractivity contribution in [2.45, 2.75) is 52.1 Å². The van der Waals surface area contributed by atoms with E-state index >= 15 is 0 Å². The number of hydrogen-bond donors (Lipinski definition) is 2. The molecule has 3 nitrogen and oxygen atoms in total. The van der Waals surface area contributed by atoms with Crippen LogP contribution in [0.4, 0.5) is 0 Å². The van der Waals surface area contributed by atoms with Gasteiger partial charge in [-0.15, -0.1) is 0 Å². The summed E-state index contributed by atoms with van der Waals surface area (Å²) < 4.78 is 0. The van der Waals surface area contributed by atoms with Crippen LogP contribution in [0.3, 0.4) is 0 Å². The van der Waals surface area contributed by atoms with Crippen LogP contribution in [0.1, 0.15) is 40.0 Å². The lowest BCUT2D eigenvalue weighted by molar-refractivity contribution is -0.122. The van der Waals surface area contributed by atoms with Crippen molar-refractivity contribution in [1.29, 1.82) is 0 Å². The number of rotatable bonds is 3. The van der Waals surface area contributed by atoms with Gasteiger partial charge in [0.1, 0.15) is 0 Å². The van der Waals surface area contributed by atoms with E-state index in [0.717, 1.165) is 5.92 Å². The van der Waals surface area contributed by atoms with E-state index in [0.29, 0.717) is 12.0 Å². The molecule has 0 heterocycles. The monoisotopic (exact) mass is 212 g/mol. The third kappa shape index (κ3) is 3.49. The van der Waals surface area contributed by atoms with Gasteiger partial charge in [0.2, 0.25) is 5.91 Å². The van der Waals surface area contributed by atoms with Crippen molar-refractivity contribution in [1.82, 2.24) is 10.6 Å². The molecule has 1 aliphatic rings. The van der Waals surface area contributed by atoms with E-state index in [2.05, 4.69) is 24.5 Å². The molecule has 1 aliphatic carbocycles. The van der Waals surface area contributed by atoms with Crippen molar-refractivity contribution in [3.05, 3.63) is 0 Å². The quantitative estimate of drug-likeness (QED) is 0.745. The molecule has 1 amide bonds. The van der Waals surface area contributed by atoms with Crippen LogP contribution >= 0.6 is 0 Å². The van der Waals surface area contributed by atoms with Gasteiger partial charge in [-0.2, -0.15) is 0 Å². The summed E-state index contributed by atoms with van der Waals surface area (Å²) in [6.45, 7) is 6.53. The zero-order chi connectivity index (χ0) is 11.4. The van der Waals surface area contributed by atoms with E-state index < -0.39 is 0 Å². The van der Waals surface area contributed by atoms with Crippen LogP contribution in [0.5, 0.6) is 0 Å². The molecule has 88 valence electrons. The van der Waals surface area contributed by atoms with Crippen LogP contribution in [0.2, 0.25) is 0 Å².